The van der Waals surface area contributed by atoms with Crippen molar-refractivity contribution in [3.05, 3.63) is 41.5 Å². The van der Waals surface area contributed by atoms with E-state index in [0.29, 0.717) is 0 Å². The lowest BCUT2D eigenvalue weighted by Crippen LogP contribution is -2.14. The summed E-state index contributed by atoms with van der Waals surface area (Å²) in [5, 5.41) is 0. The maximum absolute atomic E-state index is 11.0. The molecule has 1 heteroatoms. The quantitative estimate of drug-likeness (QED) is 0.537. The molecule has 15 heavy (non-hydrogen) atoms. The Morgan fingerprint density at radius 3 is 2.33 bits per heavy atom. The molecule has 1 nitrogen and oxygen atoms in total. The Bertz CT molecular complexity index is 347. The van der Waals surface area contributed by atoms with E-state index in [-0.39, 0.29) is 5.41 Å². The van der Waals surface area contributed by atoms with Crippen LogP contribution in [0.15, 0.2) is 35.9 Å². The highest BCUT2D eigenvalue weighted by Crippen LogP contribution is 2.29. The molecule has 1 aromatic carbocycles. The summed E-state index contributed by atoms with van der Waals surface area (Å²) in [6.07, 6.45) is 3.90. The molecule has 0 saturated heterocycles. The van der Waals surface area contributed by atoms with E-state index in [2.05, 4.69) is 20.8 Å². The summed E-state index contributed by atoms with van der Waals surface area (Å²) in [6, 6.07) is 9.95. The molecular formula is C14H18O. The minimum absolute atomic E-state index is 0.0441. The van der Waals surface area contributed by atoms with E-state index in [1.165, 1.54) is 0 Å². The van der Waals surface area contributed by atoms with E-state index < -0.39 is 0 Å². The maximum atomic E-state index is 11.0. The molecule has 0 spiro atoms. The van der Waals surface area contributed by atoms with Gasteiger partial charge >= 0.3 is 0 Å². The SMILES string of the molecule is CCC(C)(C)C(C=O)=Cc1ccccc1. The fourth-order valence-corrected chi connectivity index (χ4v) is 1.32. The monoisotopic (exact) mass is 202 g/mol. The van der Waals surface area contributed by atoms with E-state index in [0.717, 1.165) is 23.8 Å². The Kier molecular flexibility index (Phi) is 3.84. The lowest BCUT2D eigenvalue weighted by atomic mass is 9.81. The molecule has 0 radical (unpaired) electrons. The Labute approximate surface area is 91.8 Å². The van der Waals surface area contributed by atoms with Gasteiger partial charge in [0.1, 0.15) is 6.29 Å². The summed E-state index contributed by atoms with van der Waals surface area (Å²) >= 11 is 0. The fraction of sp³-hybridized carbons (Fsp3) is 0.357. The lowest BCUT2D eigenvalue weighted by Gasteiger charge is -2.22. The predicted octanol–water partition coefficient (Wildman–Crippen LogP) is 3.71. The second-order valence-corrected chi connectivity index (χ2v) is 4.37. The zero-order valence-electron chi connectivity index (χ0n) is 9.66. The Morgan fingerprint density at radius 1 is 1.27 bits per heavy atom. The Balaban J connectivity index is 3.03. The molecule has 80 valence electrons. The highest BCUT2D eigenvalue weighted by molar-refractivity contribution is 5.83. The second-order valence-electron chi connectivity index (χ2n) is 4.37. The fourth-order valence-electron chi connectivity index (χ4n) is 1.32. The third-order valence-electron chi connectivity index (χ3n) is 2.91. The third-order valence-corrected chi connectivity index (χ3v) is 2.91. The molecule has 1 rings (SSSR count). The van der Waals surface area contributed by atoms with Crippen molar-refractivity contribution in [3.8, 4) is 0 Å². The van der Waals surface area contributed by atoms with Crippen molar-refractivity contribution in [1.29, 1.82) is 0 Å². The van der Waals surface area contributed by atoms with E-state index in [1.807, 2.05) is 36.4 Å². The first kappa shape index (κ1) is 11.7. The molecular weight excluding hydrogens is 184 g/mol. The van der Waals surface area contributed by atoms with Gasteiger partial charge in [0.25, 0.3) is 0 Å². The molecule has 0 aromatic heterocycles. The van der Waals surface area contributed by atoms with Gasteiger partial charge in [-0.15, -0.1) is 0 Å². The number of rotatable bonds is 4. The molecule has 1 aromatic rings. The van der Waals surface area contributed by atoms with Gasteiger partial charge in [0.05, 0.1) is 0 Å². The van der Waals surface area contributed by atoms with Crippen LogP contribution < -0.4 is 0 Å². The number of aldehydes is 1. The van der Waals surface area contributed by atoms with Gasteiger partial charge in [-0.3, -0.25) is 4.79 Å². The van der Waals surface area contributed by atoms with E-state index in [9.17, 15) is 4.79 Å². The summed E-state index contributed by atoms with van der Waals surface area (Å²) in [7, 11) is 0. The predicted molar refractivity (Wildman–Crippen MR) is 64.6 cm³/mol. The molecule has 0 saturated carbocycles. The molecule has 0 aliphatic heterocycles. The average Bonchev–Trinajstić information content (AvgIpc) is 2.27. The van der Waals surface area contributed by atoms with Crippen molar-refractivity contribution in [2.45, 2.75) is 27.2 Å². The molecule has 0 unspecified atom stereocenters. The molecule has 0 bridgehead atoms. The number of hydrogen-bond acceptors (Lipinski definition) is 1. The van der Waals surface area contributed by atoms with Crippen LogP contribution >= 0.6 is 0 Å². The minimum atomic E-state index is -0.0441. The van der Waals surface area contributed by atoms with Crippen molar-refractivity contribution in [3.63, 3.8) is 0 Å². The van der Waals surface area contributed by atoms with Gasteiger partial charge in [-0.2, -0.15) is 0 Å². The topological polar surface area (TPSA) is 17.1 Å². The zero-order valence-corrected chi connectivity index (χ0v) is 9.66. The van der Waals surface area contributed by atoms with E-state index >= 15 is 0 Å². The van der Waals surface area contributed by atoms with E-state index in [1.54, 1.807) is 0 Å². The standard InChI is InChI=1S/C14H18O/c1-4-14(2,3)13(11-15)10-12-8-6-5-7-9-12/h5-11H,4H2,1-3H3. The largest absolute Gasteiger partial charge is 0.298 e. The van der Waals surface area contributed by atoms with Crippen LogP contribution in [0.2, 0.25) is 0 Å². The average molecular weight is 202 g/mol. The van der Waals surface area contributed by atoms with Crippen LogP contribution in [0, 0.1) is 5.41 Å². The summed E-state index contributed by atoms with van der Waals surface area (Å²) < 4.78 is 0. The summed E-state index contributed by atoms with van der Waals surface area (Å²) in [5.41, 5.74) is 1.90. The van der Waals surface area contributed by atoms with Crippen molar-refractivity contribution in [2.24, 2.45) is 5.41 Å². The summed E-state index contributed by atoms with van der Waals surface area (Å²) in [4.78, 5) is 11.0. The van der Waals surface area contributed by atoms with Crippen LogP contribution in [0.25, 0.3) is 6.08 Å². The highest BCUT2D eigenvalue weighted by Gasteiger charge is 2.20. The molecule has 0 amide bonds. The van der Waals surface area contributed by atoms with Crippen molar-refractivity contribution in [1.82, 2.24) is 0 Å². The molecule has 0 fully saturated rings. The number of carbonyl (C=O) groups is 1. The zero-order chi connectivity index (χ0) is 11.3. The third kappa shape index (κ3) is 3.05. The molecule has 0 heterocycles. The lowest BCUT2D eigenvalue weighted by molar-refractivity contribution is -0.105. The maximum Gasteiger partial charge on any atom is 0.146 e. The van der Waals surface area contributed by atoms with Gasteiger partial charge in [0.2, 0.25) is 0 Å². The molecule has 0 atom stereocenters. The van der Waals surface area contributed by atoms with Gasteiger partial charge in [-0.1, -0.05) is 51.1 Å². The van der Waals surface area contributed by atoms with Gasteiger partial charge in [-0.25, -0.2) is 0 Å². The first-order valence-electron chi connectivity index (χ1n) is 5.32. The van der Waals surface area contributed by atoms with Gasteiger partial charge in [-0.05, 0) is 29.0 Å². The first-order chi connectivity index (χ1) is 7.10. The molecule has 0 N–H and O–H groups in total. The summed E-state index contributed by atoms with van der Waals surface area (Å²) in [6.45, 7) is 6.29. The van der Waals surface area contributed by atoms with Crippen molar-refractivity contribution in [2.75, 3.05) is 0 Å². The number of carbonyl (C=O) groups excluding carboxylic acids is 1. The smallest absolute Gasteiger partial charge is 0.146 e. The van der Waals surface area contributed by atoms with Crippen LogP contribution in [0.5, 0.6) is 0 Å². The van der Waals surface area contributed by atoms with Gasteiger partial charge < -0.3 is 0 Å². The van der Waals surface area contributed by atoms with Crippen LogP contribution in [0.4, 0.5) is 0 Å². The molecule has 0 aliphatic carbocycles. The molecule has 0 aliphatic rings. The number of hydrogen-bond donors (Lipinski definition) is 0. The van der Waals surface area contributed by atoms with Crippen molar-refractivity contribution < 1.29 is 4.79 Å². The normalized spacial score (nSPS) is 12.6. The van der Waals surface area contributed by atoms with Gasteiger partial charge in [0, 0.05) is 0 Å². The van der Waals surface area contributed by atoms with Crippen LogP contribution in [0.3, 0.4) is 0 Å². The van der Waals surface area contributed by atoms with Crippen LogP contribution in [0.1, 0.15) is 32.8 Å². The Morgan fingerprint density at radius 2 is 1.87 bits per heavy atom. The second kappa shape index (κ2) is 4.92. The number of allylic oxidation sites excluding steroid dienone is 1. The van der Waals surface area contributed by atoms with Crippen molar-refractivity contribution >= 4 is 12.4 Å². The Hall–Kier alpha value is -1.37. The van der Waals surface area contributed by atoms with E-state index in [4.69, 9.17) is 0 Å². The number of benzene rings is 1. The van der Waals surface area contributed by atoms with Gasteiger partial charge in [0.15, 0.2) is 0 Å². The van der Waals surface area contributed by atoms with Crippen LogP contribution in [-0.2, 0) is 4.79 Å². The first-order valence-corrected chi connectivity index (χ1v) is 5.32. The minimum Gasteiger partial charge on any atom is -0.298 e. The highest BCUT2D eigenvalue weighted by atomic mass is 16.1. The summed E-state index contributed by atoms with van der Waals surface area (Å²) in [5.74, 6) is 0. The van der Waals surface area contributed by atoms with Crippen LogP contribution in [-0.4, -0.2) is 6.29 Å².